The van der Waals surface area contributed by atoms with Gasteiger partial charge in [-0.15, -0.1) is 0 Å². The minimum absolute atomic E-state index is 0.355. The van der Waals surface area contributed by atoms with E-state index in [0.29, 0.717) is 12.1 Å². The zero-order chi connectivity index (χ0) is 17.6. The van der Waals surface area contributed by atoms with Gasteiger partial charge in [-0.25, -0.2) is 0 Å². The molecule has 1 N–H and O–H groups in total. The second-order valence-electron chi connectivity index (χ2n) is 6.67. The Hall–Kier alpha value is -2.73. The van der Waals surface area contributed by atoms with Crippen molar-refractivity contribution in [1.29, 1.82) is 0 Å². The summed E-state index contributed by atoms with van der Waals surface area (Å²) in [6.07, 6.45) is 6.60. The highest BCUT2D eigenvalue weighted by Crippen LogP contribution is 2.23. The van der Waals surface area contributed by atoms with Crippen molar-refractivity contribution in [1.82, 2.24) is 25.5 Å². The molecule has 1 aliphatic carbocycles. The first kappa shape index (κ1) is 16.7. The van der Waals surface area contributed by atoms with E-state index in [1.165, 1.54) is 37.7 Å². The lowest BCUT2D eigenvalue weighted by Gasteiger charge is -2.22. The summed E-state index contributed by atoms with van der Waals surface area (Å²) >= 11 is 0. The van der Waals surface area contributed by atoms with Gasteiger partial charge >= 0.3 is 6.01 Å². The lowest BCUT2D eigenvalue weighted by atomic mass is 9.95. The van der Waals surface area contributed by atoms with Gasteiger partial charge in [-0.3, -0.25) is 0 Å². The van der Waals surface area contributed by atoms with E-state index >= 15 is 0 Å². The Morgan fingerprint density at radius 1 is 1.00 bits per heavy atom. The van der Waals surface area contributed by atoms with Crippen LogP contribution in [-0.4, -0.2) is 26.2 Å². The number of nitrogens with one attached hydrogen (secondary N) is 1. The van der Waals surface area contributed by atoms with E-state index < -0.39 is 0 Å². The van der Waals surface area contributed by atoms with Gasteiger partial charge in [0.15, 0.2) is 0 Å². The smallest absolute Gasteiger partial charge is 0.345 e. The molecule has 1 saturated carbocycles. The first-order chi connectivity index (χ1) is 12.9. The molecule has 6 nitrogen and oxygen atoms in total. The quantitative estimate of drug-likeness (QED) is 0.732. The van der Waals surface area contributed by atoms with E-state index in [1.54, 1.807) is 4.68 Å². The normalized spacial score (nSPS) is 15.1. The number of hydrogen-bond donors (Lipinski definition) is 1. The van der Waals surface area contributed by atoms with Gasteiger partial charge in [0.25, 0.3) is 0 Å². The van der Waals surface area contributed by atoms with E-state index in [1.807, 2.05) is 48.5 Å². The van der Waals surface area contributed by atoms with Crippen LogP contribution in [0.25, 0.3) is 5.69 Å². The molecule has 0 unspecified atom stereocenters. The van der Waals surface area contributed by atoms with Crippen molar-refractivity contribution in [3.63, 3.8) is 0 Å². The van der Waals surface area contributed by atoms with E-state index in [-0.39, 0.29) is 0 Å². The molecule has 6 heteroatoms. The van der Waals surface area contributed by atoms with Crippen LogP contribution >= 0.6 is 0 Å². The topological polar surface area (TPSA) is 64.9 Å². The molecule has 0 bridgehead atoms. The molecule has 4 rings (SSSR count). The van der Waals surface area contributed by atoms with Crippen LogP contribution in [0.2, 0.25) is 0 Å². The lowest BCUT2D eigenvalue weighted by molar-refractivity contribution is 0.372. The summed E-state index contributed by atoms with van der Waals surface area (Å²) < 4.78 is 7.53. The summed E-state index contributed by atoms with van der Waals surface area (Å²) in [6, 6.07) is 18.8. The van der Waals surface area contributed by atoms with E-state index in [0.717, 1.165) is 18.0 Å². The van der Waals surface area contributed by atoms with E-state index in [4.69, 9.17) is 4.74 Å². The third-order valence-corrected chi connectivity index (χ3v) is 4.75. The number of hydrogen-bond acceptors (Lipinski definition) is 5. The number of nitrogens with zero attached hydrogens (tertiary/aromatic N) is 4. The highest BCUT2D eigenvalue weighted by atomic mass is 16.5. The molecule has 1 fully saturated rings. The van der Waals surface area contributed by atoms with Gasteiger partial charge in [0, 0.05) is 12.6 Å². The summed E-state index contributed by atoms with van der Waals surface area (Å²) in [5.74, 6) is 0.736. The maximum atomic E-state index is 5.94. The Balaban J connectivity index is 1.44. The number of aromatic nitrogens is 4. The molecular formula is C20H23N5O. The van der Waals surface area contributed by atoms with Crippen LogP contribution in [0.1, 0.15) is 37.7 Å². The minimum atomic E-state index is 0.355. The number of ether oxygens (including phenoxy) is 1. The SMILES string of the molecule is c1ccc(-n2nnnc2Oc2cccc(CNC3CCCCC3)c2)cc1. The molecule has 3 aromatic rings. The largest absolute Gasteiger partial charge is 0.423 e. The molecule has 1 aromatic heterocycles. The number of rotatable bonds is 6. The summed E-state index contributed by atoms with van der Waals surface area (Å²) in [4.78, 5) is 0. The first-order valence-electron chi connectivity index (χ1n) is 9.22. The van der Waals surface area contributed by atoms with Gasteiger partial charge in [-0.2, -0.15) is 4.68 Å². The highest BCUT2D eigenvalue weighted by Gasteiger charge is 2.13. The van der Waals surface area contributed by atoms with Crippen LogP contribution in [-0.2, 0) is 6.54 Å². The van der Waals surface area contributed by atoms with Gasteiger partial charge in [-0.05, 0) is 53.1 Å². The third kappa shape index (κ3) is 4.08. The fraction of sp³-hybridized carbons (Fsp3) is 0.350. The van der Waals surface area contributed by atoms with Crippen molar-refractivity contribution in [3.8, 4) is 17.4 Å². The summed E-state index contributed by atoms with van der Waals surface area (Å²) in [5.41, 5.74) is 2.06. The summed E-state index contributed by atoms with van der Waals surface area (Å²) in [6.45, 7) is 0.853. The fourth-order valence-electron chi connectivity index (χ4n) is 3.37. The molecule has 0 spiro atoms. The second kappa shape index (κ2) is 8.10. The summed E-state index contributed by atoms with van der Waals surface area (Å²) in [7, 11) is 0. The van der Waals surface area contributed by atoms with Crippen molar-refractivity contribution >= 4 is 0 Å². The second-order valence-corrected chi connectivity index (χ2v) is 6.67. The molecule has 0 radical (unpaired) electrons. The summed E-state index contributed by atoms with van der Waals surface area (Å²) in [5, 5.41) is 15.4. The third-order valence-electron chi connectivity index (χ3n) is 4.75. The van der Waals surface area contributed by atoms with Crippen LogP contribution in [0.15, 0.2) is 54.6 Å². The maximum absolute atomic E-state index is 5.94. The van der Waals surface area contributed by atoms with Gasteiger partial charge in [0.1, 0.15) is 5.75 Å². The van der Waals surface area contributed by atoms with Crippen molar-refractivity contribution in [3.05, 3.63) is 60.2 Å². The van der Waals surface area contributed by atoms with Crippen molar-refractivity contribution in [2.45, 2.75) is 44.7 Å². The molecule has 1 aliphatic rings. The number of tetrazole rings is 1. The molecule has 2 aromatic carbocycles. The molecule has 0 amide bonds. The fourth-order valence-corrected chi connectivity index (χ4v) is 3.37. The zero-order valence-electron chi connectivity index (χ0n) is 14.7. The van der Waals surface area contributed by atoms with Crippen molar-refractivity contribution in [2.75, 3.05) is 0 Å². The Bertz CT molecular complexity index is 827. The van der Waals surface area contributed by atoms with Crippen LogP contribution in [0.4, 0.5) is 0 Å². The lowest BCUT2D eigenvalue weighted by Crippen LogP contribution is -2.30. The van der Waals surface area contributed by atoms with Crippen LogP contribution in [0.3, 0.4) is 0 Å². The number of benzene rings is 2. The Morgan fingerprint density at radius 3 is 2.69 bits per heavy atom. The molecule has 0 atom stereocenters. The zero-order valence-corrected chi connectivity index (χ0v) is 14.7. The van der Waals surface area contributed by atoms with Gasteiger partial charge in [0.05, 0.1) is 5.69 Å². The Morgan fingerprint density at radius 2 is 1.85 bits per heavy atom. The number of para-hydroxylation sites is 1. The minimum Gasteiger partial charge on any atom is -0.423 e. The van der Waals surface area contributed by atoms with E-state index in [9.17, 15) is 0 Å². The average molecular weight is 349 g/mol. The van der Waals surface area contributed by atoms with Crippen LogP contribution in [0.5, 0.6) is 11.8 Å². The highest BCUT2D eigenvalue weighted by molar-refractivity contribution is 5.34. The maximum Gasteiger partial charge on any atom is 0.345 e. The molecule has 0 saturated heterocycles. The van der Waals surface area contributed by atoms with Crippen LogP contribution < -0.4 is 10.1 Å². The van der Waals surface area contributed by atoms with Crippen LogP contribution in [0, 0.1) is 0 Å². The van der Waals surface area contributed by atoms with Gasteiger partial charge in [0.2, 0.25) is 0 Å². The average Bonchev–Trinajstić information content (AvgIpc) is 3.16. The molecule has 134 valence electrons. The van der Waals surface area contributed by atoms with Gasteiger partial charge < -0.3 is 10.1 Å². The molecule has 1 heterocycles. The predicted molar refractivity (Wildman–Crippen MR) is 99.4 cm³/mol. The molecular weight excluding hydrogens is 326 g/mol. The van der Waals surface area contributed by atoms with Gasteiger partial charge in [-0.1, -0.05) is 54.7 Å². The monoisotopic (exact) mass is 349 g/mol. The molecule has 26 heavy (non-hydrogen) atoms. The predicted octanol–water partition coefficient (Wildman–Crippen LogP) is 3.88. The van der Waals surface area contributed by atoms with Crippen molar-refractivity contribution in [2.24, 2.45) is 0 Å². The van der Waals surface area contributed by atoms with Crippen molar-refractivity contribution < 1.29 is 4.74 Å². The first-order valence-corrected chi connectivity index (χ1v) is 9.22. The standard InChI is InChI=1S/C20H23N5O/c1-3-9-17(10-4-1)21-15-16-8-7-13-19(14-16)26-20-22-23-24-25(20)18-11-5-2-6-12-18/h2,5-8,11-14,17,21H,1,3-4,9-10,15H2. The molecule has 0 aliphatic heterocycles. The Labute approximate surface area is 153 Å². The van der Waals surface area contributed by atoms with E-state index in [2.05, 4.69) is 26.9 Å². The Kier molecular flexibility index (Phi) is 5.21.